The summed E-state index contributed by atoms with van der Waals surface area (Å²) in [4.78, 5) is 26.8. The fourth-order valence-corrected chi connectivity index (χ4v) is 4.44. The number of fused-ring (bicyclic) bond motifs is 1. The van der Waals surface area contributed by atoms with E-state index in [1.165, 1.54) is 10.4 Å². The molecule has 1 amide bonds. The van der Waals surface area contributed by atoms with Crippen molar-refractivity contribution in [2.75, 3.05) is 19.6 Å². The molecule has 2 aliphatic heterocycles. The van der Waals surface area contributed by atoms with E-state index in [0.29, 0.717) is 6.54 Å². The maximum absolute atomic E-state index is 12.8. The van der Waals surface area contributed by atoms with Crippen molar-refractivity contribution < 1.29 is 4.79 Å². The lowest BCUT2D eigenvalue weighted by Crippen LogP contribution is -2.42. The highest BCUT2D eigenvalue weighted by Crippen LogP contribution is 2.34. The fourth-order valence-electron chi connectivity index (χ4n) is 3.56. The number of nitrogens with zero attached hydrogens (tertiary/aromatic N) is 4. The Labute approximate surface area is 140 Å². The van der Waals surface area contributed by atoms with Crippen LogP contribution in [0.4, 0.5) is 0 Å². The molecule has 1 fully saturated rings. The molecule has 1 saturated heterocycles. The number of carbonyl (C=O) groups excluding carboxylic acids is 1. The molecule has 4 heterocycles. The Morgan fingerprint density at radius 1 is 1.39 bits per heavy atom. The van der Waals surface area contributed by atoms with Gasteiger partial charge < -0.3 is 4.90 Å². The lowest BCUT2D eigenvalue weighted by Gasteiger charge is -2.30. The first-order chi connectivity index (χ1) is 11.3. The van der Waals surface area contributed by atoms with Crippen molar-refractivity contribution in [1.82, 2.24) is 19.8 Å². The topological polar surface area (TPSA) is 49.3 Å². The lowest BCUT2D eigenvalue weighted by atomic mass is 10.1. The normalized spacial score (nSPS) is 21.4. The third-order valence-electron chi connectivity index (χ3n) is 4.76. The monoisotopic (exact) mass is 328 g/mol. The molecule has 120 valence electrons. The molecule has 0 radical (unpaired) electrons. The van der Waals surface area contributed by atoms with Gasteiger partial charge in [-0.3, -0.25) is 9.69 Å². The van der Waals surface area contributed by atoms with Crippen molar-refractivity contribution in [2.45, 2.75) is 31.8 Å². The van der Waals surface area contributed by atoms with Crippen LogP contribution in [0.25, 0.3) is 0 Å². The summed E-state index contributed by atoms with van der Waals surface area (Å²) in [7, 11) is 0. The maximum atomic E-state index is 12.8. The van der Waals surface area contributed by atoms with Gasteiger partial charge in [0.05, 0.1) is 18.3 Å². The van der Waals surface area contributed by atoms with Crippen LogP contribution in [0, 0.1) is 0 Å². The van der Waals surface area contributed by atoms with Crippen LogP contribution in [-0.2, 0) is 17.8 Å². The minimum absolute atomic E-state index is 0.249. The van der Waals surface area contributed by atoms with Crippen molar-refractivity contribution in [2.24, 2.45) is 0 Å². The third-order valence-corrected chi connectivity index (χ3v) is 5.73. The second-order valence-corrected chi connectivity index (χ2v) is 7.20. The number of likely N-dealkylation sites (tertiary alicyclic amines) is 1. The predicted molar refractivity (Wildman–Crippen MR) is 89.0 cm³/mol. The van der Waals surface area contributed by atoms with Gasteiger partial charge in [0.25, 0.3) is 0 Å². The minimum atomic E-state index is 0.249. The molecule has 6 heteroatoms. The van der Waals surface area contributed by atoms with Gasteiger partial charge in [-0.15, -0.1) is 11.3 Å². The molecule has 0 spiro atoms. The Morgan fingerprint density at radius 2 is 2.35 bits per heavy atom. The Kier molecular flexibility index (Phi) is 4.10. The molecule has 0 unspecified atom stereocenters. The van der Waals surface area contributed by atoms with Gasteiger partial charge in [0.1, 0.15) is 6.33 Å². The largest absolute Gasteiger partial charge is 0.334 e. The van der Waals surface area contributed by atoms with Crippen molar-refractivity contribution in [3.05, 3.63) is 46.2 Å². The molecule has 0 aliphatic carbocycles. The molecule has 0 aromatic carbocycles. The molecule has 0 bridgehead atoms. The van der Waals surface area contributed by atoms with Gasteiger partial charge in [0.2, 0.25) is 5.91 Å². The number of aromatic nitrogens is 2. The average molecular weight is 328 g/mol. The quantitative estimate of drug-likeness (QED) is 0.867. The number of thiophene rings is 1. The summed E-state index contributed by atoms with van der Waals surface area (Å²) < 4.78 is 0. The lowest BCUT2D eigenvalue weighted by molar-refractivity contribution is -0.133. The summed E-state index contributed by atoms with van der Waals surface area (Å²) >= 11 is 1.75. The molecule has 2 aliphatic rings. The van der Waals surface area contributed by atoms with Crippen LogP contribution in [0.1, 0.15) is 35.0 Å². The van der Waals surface area contributed by atoms with E-state index in [1.807, 2.05) is 6.20 Å². The number of amides is 1. The van der Waals surface area contributed by atoms with E-state index in [-0.39, 0.29) is 11.9 Å². The average Bonchev–Trinajstić information content (AvgIpc) is 3.25. The molecule has 0 saturated carbocycles. The highest BCUT2D eigenvalue weighted by Gasteiger charge is 2.31. The van der Waals surface area contributed by atoms with Gasteiger partial charge in [0.15, 0.2) is 0 Å². The number of hydrogen-bond acceptors (Lipinski definition) is 5. The first kappa shape index (κ1) is 14.8. The van der Waals surface area contributed by atoms with Gasteiger partial charge in [-0.1, -0.05) is 6.07 Å². The summed E-state index contributed by atoms with van der Waals surface area (Å²) in [5.74, 6) is 0.249. The van der Waals surface area contributed by atoms with Crippen LogP contribution in [-0.4, -0.2) is 45.3 Å². The van der Waals surface area contributed by atoms with Crippen LogP contribution < -0.4 is 0 Å². The second-order valence-electron chi connectivity index (χ2n) is 6.22. The van der Waals surface area contributed by atoms with Crippen molar-refractivity contribution in [3.63, 3.8) is 0 Å². The molecule has 5 nitrogen and oxygen atoms in total. The molecular formula is C17H20N4OS. The standard InChI is InChI=1S/C17H20N4OS/c22-17(21-6-1-3-15(21)16-4-2-8-23-16)11-20-7-5-13-9-18-12-19-14(13)10-20/h2,4,8-9,12,15H,1,3,5-7,10-11H2/t15-/m0/s1. The summed E-state index contributed by atoms with van der Waals surface area (Å²) in [5.41, 5.74) is 2.28. The smallest absolute Gasteiger partial charge is 0.237 e. The molecule has 4 rings (SSSR count). The van der Waals surface area contributed by atoms with E-state index in [2.05, 4.69) is 37.3 Å². The van der Waals surface area contributed by atoms with Crippen LogP contribution in [0.2, 0.25) is 0 Å². The zero-order chi connectivity index (χ0) is 15.6. The molecule has 2 aromatic heterocycles. The van der Waals surface area contributed by atoms with E-state index < -0.39 is 0 Å². The van der Waals surface area contributed by atoms with E-state index in [1.54, 1.807) is 17.7 Å². The van der Waals surface area contributed by atoms with Crippen LogP contribution in [0.15, 0.2) is 30.0 Å². The van der Waals surface area contributed by atoms with E-state index in [9.17, 15) is 4.79 Å². The van der Waals surface area contributed by atoms with E-state index >= 15 is 0 Å². The molecule has 23 heavy (non-hydrogen) atoms. The van der Waals surface area contributed by atoms with Gasteiger partial charge >= 0.3 is 0 Å². The van der Waals surface area contributed by atoms with Crippen molar-refractivity contribution in [1.29, 1.82) is 0 Å². The predicted octanol–water partition coefficient (Wildman–Crippen LogP) is 2.26. The van der Waals surface area contributed by atoms with Crippen LogP contribution >= 0.6 is 11.3 Å². The first-order valence-electron chi connectivity index (χ1n) is 8.14. The fraction of sp³-hybridized carbons (Fsp3) is 0.471. The molecule has 2 aromatic rings. The second kappa shape index (κ2) is 6.37. The van der Waals surface area contributed by atoms with Gasteiger partial charge in [-0.25, -0.2) is 9.97 Å². The van der Waals surface area contributed by atoms with Gasteiger partial charge in [-0.05, 0) is 36.3 Å². The summed E-state index contributed by atoms with van der Waals surface area (Å²) in [6, 6.07) is 4.50. The Hall–Kier alpha value is -1.79. The summed E-state index contributed by atoms with van der Waals surface area (Å²) in [6.45, 7) is 3.03. The number of hydrogen-bond donors (Lipinski definition) is 0. The van der Waals surface area contributed by atoms with Crippen molar-refractivity contribution in [3.8, 4) is 0 Å². The van der Waals surface area contributed by atoms with E-state index in [4.69, 9.17) is 0 Å². The third kappa shape index (κ3) is 3.01. The number of rotatable bonds is 3. The zero-order valence-electron chi connectivity index (χ0n) is 13.0. The Balaban J connectivity index is 1.42. The van der Waals surface area contributed by atoms with Crippen molar-refractivity contribution >= 4 is 17.2 Å². The van der Waals surface area contributed by atoms with Gasteiger partial charge in [-0.2, -0.15) is 0 Å². The Morgan fingerprint density at radius 3 is 3.22 bits per heavy atom. The minimum Gasteiger partial charge on any atom is -0.334 e. The zero-order valence-corrected chi connectivity index (χ0v) is 13.8. The van der Waals surface area contributed by atoms with Crippen LogP contribution in [0.5, 0.6) is 0 Å². The number of carbonyl (C=O) groups is 1. The summed E-state index contributed by atoms with van der Waals surface area (Å²) in [5, 5.41) is 2.09. The highest BCUT2D eigenvalue weighted by molar-refractivity contribution is 7.10. The van der Waals surface area contributed by atoms with E-state index in [0.717, 1.165) is 44.6 Å². The SMILES string of the molecule is O=C(CN1CCc2cncnc2C1)N1CCC[C@H]1c1cccs1. The first-order valence-corrected chi connectivity index (χ1v) is 9.02. The highest BCUT2D eigenvalue weighted by atomic mass is 32.1. The molecule has 1 atom stereocenters. The molecule has 0 N–H and O–H groups in total. The van der Waals surface area contributed by atoms with Gasteiger partial charge in [0, 0.05) is 30.7 Å². The maximum Gasteiger partial charge on any atom is 0.237 e. The van der Waals surface area contributed by atoms with Crippen LogP contribution in [0.3, 0.4) is 0 Å². The molecular weight excluding hydrogens is 308 g/mol. The Bertz CT molecular complexity index is 688. The summed E-state index contributed by atoms with van der Waals surface area (Å²) in [6.07, 6.45) is 6.61.